The van der Waals surface area contributed by atoms with Crippen LogP contribution in [0.25, 0.3) is 28.1 Å². The summed E-state index contributed by atoms with van der Waals surface area (Å²) in [5, 5.41) is 10.7. The molecule has 0 unspecified atom stereocenters. The van der Waals surface area contributed by atoms with Crippen LogP contribution in [-0.4, -0.2) is 87.2 Å². The van der Waals surface area contributed by atoms with Crippen molar-refractivity contribution in [1.82, 2.24) is 43.4 Å². The van der Waals surface area contributed by atoms with Gasteiger partial charge in [-0.2, -0.15) is 4.98 Å². The van der Waals surface area contributed by atoms with E-state index in [2.05, 4.69) is 42.2 Å². The second-order valence-corrected chi connectivity index (χ2v) is 16.2. The number of nitrogens with two attached hydrogens (primary N) is 1. The zero-order chi connectivity index (χ0) is 31.1. The summed E-state index contributed by atoms with van der Waals surface area (Å²) in [5.41, 5.74) is 7.55. The first-order valence-electron chi connectivity index (χ1n) is 14.1. The summed E-state index contributed by atoms with van der Waals surface area (Å²) in [4.78, 5) is 25.7. The van der Waals surface area contributed by atoms with Crippen molar-refractivity contribution in [2.24, 2.45) is 11.8 Å². The monoisotopic (exact) mass is 678 g/mol. The van der Waals surface area contributed by atoms with Gasteiger partial charge in [-0.1, -0.05) is 12.2 Å². The number of fused-ring (bicyclic) bond motifs is 5. The Morgan fingerprint density at radius 3 is 2.62 bits per heavy atom. The highest BCUT2D eigenvalue weighted by Gasteiger charge is 2.47. The van der Waals surface area contributed by atoms with Gasteiger partial charge < -0.3 is 33.7 Å². The van der Waals surface area contributed by atoms with Gasteiger partial charge in [0.25, 0.3) is 0 Å². The van der Waals surface area contributed by atoms with E-state index in [1.165, 1.54) is 29.9 Å². The maximum absolute atomic E-state index is 13.5. The second kappa shape index (κ2) is 10.7. The summed E-state index contributed by atoms with van der Waals surface area (Å²) in [7, 11) is -3.59. The van der Waals surface area contributed by atoms with Crippen LogP contribution in [0.5, 0.6) is 5.88 Å². The Kier molecular flexibility index (Phi) is 6.96. The molecule has 0 bridgehead atoms. The number of imidazole rings is 3. The van der Waals surface area contributed by atoms with Crippen molar-refractivity contribution in [3.63, 3.8) is 0 Å². The topological polar surface area (TPSA) is 218 Å². The number of aromatic hydroxyl groups is 1. The number of hydrogen-bond acceptors (Lipinski definition) is 15. The van der Waals surface area contributed by atoms with Crippen molar-refractivity contribution in [3.05, 3.63) is 31.4 Å². The molecule has 7 heterocycles. The van der Waals surface area contributed by atoms with Crippen LogP contribution in [0.4, 0.5) is 5.82 Å². The van der Waals surface area contributed by atoms with Gasteiger partial charge in [0.1, 0.15) is 30.3 Å². The SMILES string of the molecule is C[P@@]1(=O)OC[C@@H]2[C@@H](CO[P@@](=O)(S)O[C@H]3C[C@H](n4cnc5c(N)ncnc54)O[C@@H]3CO1)C[C@H]2n1cnc2c(O)n3ccnc3nc21. The van der Waals surface area contributed by atoms with E-state index >= 15 is 0 Å². The van der Waals surface area contributed by atoms with Gasteiger partial charge in [0.15, 0.2) is 22.6 Å². The van der Waals surface area contributed by atoms with E-state index in [1.54, 1.807) is 17.1 Å². The number of ether oxygens (including phenoxy) is 1. The highest BCUT2D eigenvalue weighted by molar-refractivity contribution is 8.44. The van der Waals surface area contributed by atoms with E-state index < -0.39 is 32.8 Å². The third-order valence-electron chi connectivity index (χ3n) is 8.61. The Morgan fingerprint density at radius 1 is 0.956 bits per heavy atom. The fraction of sp³-hybridized carbons (Fsp3) is 0.500. The third-order valence-corrected chi connectivity index (χ3v) is 11.5. The zero-order valence-electron chi connectivity index (χ0n) is 23.6. The predicted octanol–water partition coefficient (Wildman–Crippen LogP) is 2.98. The molecule has 8 atom stereocenters. The Labute approximate surface area is 259 Å². The minimum absolute atomic E-state index is 0.0417. The molecule has 18 nitrogen and oxygen atoms in total. The van der Waals surface area contributed by atoms with Crippen LogP contribution >= 0.6 is 26.6 Å². The van der Waals surface area contributed by atoms with Crippen molar-refractivity contribution >= 4 is 60.6 Å². The number of anilines is 1. The normalized spacial score (nSPS) is 34.5. The first-order chi connectivity index (χ1) is 21.6. The van der Waals surface area contributed by atoms with Gasteiger partial charge in [-0.15, -0.1) is 0 Å². The molecule has 2 aliphatic heterocycles. The highest BCUT2D eigenvalue weighted by atomic mass is 32.7. The molecule has 21 heteroatoms. The molecule has 5 aromatic rings. The highest BCUT2D eigenvalue weighted by Crippen LogP contribution is 2.59. The average molecular weight is 679 g/mol. The first-order valence-corrected chi connectivity index (χ1v) is 18.7. The molecule has 3 fully saturated rings. The summed E-state index contributed by atoms with van der Waals surface area (Å²) < 4.78 is 61.5. The number of nitrogen functional groups attached to an aromatic ring is 1. The fourth-order valence-electron chi connectivity index (χ4n) is 6.23. The minimum atomic E-state index is -3.89. The van der Waals surface area contributed by atoms with Gasteiger partial charge in [0, 0.05) is 37.4 Å². The number of nitrogens with zero attached hydrogens (tertiary/aromatic N) is 9. The maximum atomic E-state index is 13.5. The van der Waals surface area contributed by atoms with Crippen molar-refractivity contribution < 1.29 is 37.1 Å². The van der Waals surface area contributed by atoms with Crippen LogP contribution in [0, 0.1) is 11.8 Å². The minimum Gasteiger partial charge on any atom is -0.493 e. The van der Waals surface area contributed by atoms with Crippen molar-refractivity contribution in [3.8, 4) is 5.88 Å². The van der Waals surface area contributed by atoms with Crippen LogP contribution in [0.15, 0.2) is 31.4 Å². The molecule has 5 aromatic heterocycles. The lowest BCUT2D eigenvalue weighted by Crippen LogP contribution is -2.43. The van der Waals surface area contributed by atoms with Gasteiger partial charge >= 0.3 is 14.4 Å². The molecule has 0 spiro atoms. The number of rotatable bonds is 2. The Morgan fingerprint density at radius 2 is 1.76 bits per heavy atom. The van der Waals surface area contributed by atoms with Crippen LogP contribution in [0.2, 0.25) is 0 Å². The molecule has 3 N–H and O–H groups in total. The number of thiol groups is 1. The lowest BCUT2D eigenvalue weighted by Gasteiger charge is -2.45. The predicted molar refractivity (Wildman–Crippen MR) is 160 cm³/mol. The standard InChI is InChI=1S/C24H28N10O8P2S/c1-43(36)38-7-13-12(4-14(13)33-10-30-19-22(33)31-24-26-2-3-32(24)23(19)35)6-40-44(37,45)42-15-5-17(41-16(15)8-39-43)34-11-29-18-20(25)27-9-28-21(18)34/h2-3,9-17,35H,4-8H2,1H3,(H,37,45)(H2,25,27,28)/t12-,13-,14-,15+,16-,17-,43-,44-/m1/s1. The van der Waals surface area contributed by atoms with E-state index in [-0.39, 0.29) is 55.8 Å². The van der Waals surface area contributed by atoms with Gasteiger partial charge in [0.05, 0.1) is 32.5 Å². The fourth-order valence-corrected chi connectivity index (χ4v) is 8.73. The molecule has 45 heavy (non-hydrogen) atoms. The summed E-state index contributed by atoms with van der Waals surface area (Å²) in [5.74, 6) is 0.0493. The average Bonchev–Trinajstić information content (AvgIpc) is 3.77. The second-order valence-electron chi connectivity index (χ2n) is 11.3. The Hall–Kier alpha value is -3.15. The molecule has 0 aromatic carbocycles. The van der Waals surface area contributed by atoms with Crippen LogP contribution in [0.3, 0.4) is 0 Å². The molecule has 0 radical (unpaired) electrons. The molecular weight excluding hydrogens is 650 g/mol. The molecule has 8 rings (SSSR count). The lowest BCUT2D eigenvalue weighted by molar-refractivity contribution is -0.0373. The Balaban J connectivity index is 1.04. The van der Waals surface area contributed by atoms with E-state index in [0.29, 0.717) is 34.5 Å². The van der Waals surface area contributed by atoms with Crippen molar-refractivity contribution in [2.75, 3.05) is 32.2 Å². The molecule has 3 aliphatic rings. The van der Waals surface area contributed by atoms with E-state index in [0.717, 1.165) is 0 Å². The van der Waals surface area contributed by atoms with Crippen molar-refractivity contribution in [1.29, 1.82) is 0 Å². The summed E-state index contributed by atoms with van der Waals surface area (Å²) in [6.45, 7) is -2.59. The van der Waals surface area contributed by atoms with Crippen LogP contribution in [-0.2, 0) is 32.0 Å². The molecule has 1 saturated carbocycles. The molecular formula is C24H28N10O8P2S. The summed E-state index contributed by atoms with van der Waals surface area (Å²) in [6, 6.07) is -0.204. The van der Waals surface area contributed by atoms with Crippen molar-refractivity contribution in [2.45, 2.75) is 37.3 Å². The molecule has 0 amide bonds. The molecule has 2 saturated heterocycles. The largest absolute Gasteiger partial charge is 0.493 e. The van der Waals surface area contributed by atoms with Gasteiger partial charge in [-0.25, -0.2) is 29.5 Å². The smallest absolute Gasteiger partial charge is 0.386 e. The summed E-state index contributed by atoms with van der Waals surface area (Å²) in [6.07, 6.45) is 6.12. The molecule has 1 aliphatic carbocycles. The lowest BCUT2D eigenvalue weighted by atomic mass is 9.70. The summed E-state index contributed by atoms with van der Waals surface area (Å²) >= 11 is 4.27. The maximum Gasteiger partial charge on any atom is 0.386 e. The molecule has 238 valence electrons. The first kappa shape index (κ1) is 29.3. The van der Waals surface area contributed by atoms with E-state index in [9.17, 15) is 14.2 Å². The van der Waals surface area contributed by atoms with Gasteiger partial charge in [0.2, 0.25) is 11.7 Å². The van der Waals surface area contributed by atoms with Gasteiger partial charge in [-0.3, -0.25) is 18.1 Å². The van der Waals surface area contributed by atoms with Gasteiger partial charge in [-0.05, 0) is 12.3 Å². The zero-order valence-corrected chi connectivity index (χ0v) is 26.3. The van der Waals surface area contributed by atoms with E-state index in [1.807, 2.05) is 4.57 Å². The van der Waals surface area contributed by atoms with Crippen LogP contribution in [0.1, 0.15) is 25.1 Å². The quantitative estimate of drug-likeness (QED) is 0.181. The Bertz CT molecular complexity index is 2040. The van der Waals surface area contributed by atoms with Crippen LogP contribution < -0.4 is 5.73 Å². The number of aromatic nitrogens is 9. The van der Waals surface area contributed by atoms with E-state index in [4.69, 9.17) is 28.6 Å². The number of hydrogen-bond donors (Lipinski definition) is 3. The third kappa shape index (κ3) is 5.11.